The zero-order valence-corrected chi connectivity index (χ0v) is 14.9. The van der Waals surface area contributed by atoms with Gasteiger partial charge in [-0.1, -0.05) is 47.6 Å². The summed E-state index contributed by atoms with van der Waals surface area (Å²) >= 11 is 1.88. The second-order valence-electron chi connectivity index (χ2n) is 6.26. The first-order valence-electron chi connectivity index (χ1n) is 7.89. The molecule has 2 heteroatoms. The highest BCUT2D eigenvalue weighted by molar-refractivity contribution is 8.03. The lowest BCUT2D eigenvalue weighted by Gasteiger charge is -2.24. The molecule has 0 heterocycles. The van der Waals surface area contributed by atoms with E-state index in [1.54, 1.807) is 0 Å². The molecule has 0 spiro atoms. The van der Waals surface area contributed by atoms with Crippen molar-refractivity contribution in [2.75, 3.05) is 25.9 Å². The van der Waals surface area contributed by atoms with Gasteiger partial charge < -0.3 is 4.90 Å². The largest absolute Gasteiger partial charge is 0.301 e. The Bertz CT molecular complexity index is 237. The van der Waals surface area contributed by atoms with E-state index in [1.165, 1.54) is 30.7 Å². The van der Waals surface area contributed by atoms with Crippen LogP contribution in [0.4, 0.5) is 0 Å². The van der Waals surface area contributed by atoms with Crippen molar-refractivity contribution in [1.29, 1.82) is 0 Å². The van der Waals surface area contributed by atoms with Crippen LogP contribution in [0.3, 0.4) is 0 Å². The number of hydrogen-bond donors (Lipinski definition) is 0. The van der Waals surface area contributed by atoms with Crippen molar-refractivity contribution in [1.82, 2.24) is 4.90 Å². The molecule has 0 amide bonds. The molecule has 0 aliphatic heterocycles. The van der Waals surface area contributed by atoms with Gasteiger partial charge in [-0.3, -0.25) is 0 Å². The van der Waals surface area contributed by atoms with Gasteiger partial charge in [0, 0.05) is 13.1 Å². The van der Waals surface area contributed by atoms with Crippen LogP contribution in [0, 0.1) is 17.8 Å². The minimum Gasteiger partial charge on any atom is -0.301 e. The Balaban J connectivity index is 3.90. The molecule has 0 aliphatic carbocycles. The van der Waals surface area contributed by atoms with E-state index in [9.17, 15) is 0 Å². The van der Waals surface area contributed by atoms with Crippen LogP contribution < -0.4 is 0 Å². The maximum atomic E-state index is 4.12. The smallest absolute Gasteiger partial charge is 0.0284 e. The lowest BCUT2D eigenvalue weighted by atomic mass is 9.86. The fraction of sp³-hybridized carbons (Fsp3) is 0.882. The SMILES string of the molecule is C=C(CN(C)CC(C)CCC(CC)C(C)C)SCC. The van der Waals surface area contributed by atoms with Crippen molar-refractivity contribution >= 4 is 11.8 Å². The lowest BCUT2D eigenvalue weighted by Crippen LogP contribution is -2.26. The van der Waals surface area contributed by atoms with Gasteiger partial charge in [-0.05, 0) is 48.3 Å². The van der Waals surface area contributed by atoms with Gasteiger partial charge in [0.15, 0.2) is 0 Å². The molecule has 0 fully saturated rings. The van der Waals surface area contributed by atoms with Gasteiger partial charge in [-0.15, -0.1) is 11.8 Å². The van der Waals surface area contributed by atoms with Crippen LogP contribution in [0.15, 0.2) is 11.5 Å². The molecule has 0 radical (unpaired) electrons. The molecule has 0 saturated carbocycles. The van der Waals surface area contributed by atoms with E-state index in [-0.39, 0.29) is 0 Å². The molecule has 0 aromatic heterocycles. The Morgan fingerprint density at radius 1 is 1.16 bits per heavy atom. The summed E-state index contributed by atoms with van der Waals surface area (Å²) < 4.78 is 0. The van der Waals surface area contributed by atoms with E-state index >= 15 is 0 Å². The molecule has 0 N–H and O–H groups in total. The van der Waals surface area contributed by atoms with E-state index in [2.05, 4.69) is 53.1 Å². The topological polar surface area (TPSA) is 3.24 Å². The van der Waals surface area contributed by atoms with Gasteiger partial charge >= 0.3 is 0 Å². The summed E-state index contributed by atoms with van der Waals surface area (Å²) in [7, 11) is 2.22. The van der Waals surface area contributed by atoms with Gasteiger partial charge in [0.25, 0.3) is 0 Å². The molecule has 0 saturated heterocycles. The fourth-order valence-electron chi connectivity index (χ4n) is 2.75. The molecule has 2 atom stereocenters. The van der Waals surface area contributed by atoms with Crippen LogP contribution in [0.2, 0.25) is 0 Å². The number of nitrogens with zero attached hydrogens (tertiary/aromatic N) is 1. The van der Waals surface area contributed by atoms with Gasteiger partial charge in [0.1, 0.15) is 0 Å². The van der Waals surface area contributed by atoms with Crippen molar-refractivity contribution < 1.29 is 0 Å². The summed E-state index contributed by atoms with van der Waals surface area (Å²) in [6.07, 6.45) is 4.06. The second-order valence-corrected chi connectivity index (χ2v) is 7.71. The van der Waals surface area contributed by atoms with Crippen LogP contribution >= 0.6 is 11.8 Å². The van der Waals surface area contributed by atoms with Crippen molar-refractivity contribution in [3.8, 4) is 0 Å². The van der Waals surface area contributed by atoms with Crippen molar-refractivity contribution in [2.45, 2.75) is 53.9 Å². The molecule has 0 bridgehead atoms. The number of hydrogen-bond acceptors (Lipinski definition) is 2. The van der Waals surface area contributed by atoms with E-state index in [0.29, 0.717) is 0 Å². The molecule has 19 heavy (non-hydrogen) atoms. The van der Waals surface area contributed by atoms with Gasteiger partial charge in [0.2, 0.25) is 0 Å². The van der Waals surface area contributed by atoms with E-state index in [1.807, 2.05) is 11.8 Å². The number of thioether (sulfide) groups is 1. The predicted octanol–water partition coefficient (Wildman–Crippen LogP) is 5.28. The minimum atomic E-state index is 0.789. The van der Waals surface area contributed by atoms with Crippen molar-refractivity contribution in [3.05, 3.63) is 11.5 Å². The first-order valence-corrected chi connectivity index (χ1v) is 8.88. The minimum absolute atomic E-state index is 0.789. The Morgan fingerprint density at radius 2 is 1.79 bits per heavy atom. The third-order valence-corrected chi connectivity index (χ3v) is 4.74. The zero-order chi connectivity index (χ0) is 14.8. The standard InChI is InChI=1S/C17H35NS/c1-8-17(14(3)4)11-10-15(5)12-18(7)13-16(6)19-9-2/h14-15,17H,6,8-13H2,1-5,7H3. The summed E-state index contributed by atoms with van der Waals surface area (Å²) in [4.78, 5) is 3.72. The Labute approximate surface area is 126 Å². The van der Waals surface area contributed by atoms with E-state index < -0.39 is 0 Å². The maximum absolute atomic E-state index is 4.12. The van der Waals surface area contributed by atoms with E-state index in [0.717, 1.165) is 30.1 Å². The maximum Gasteiger partial charge on any atom is 0.0284 e. The number of likely N-dealkylation sites (N-methyl/N-ethyl adjacent to an activating group) is 1. The van der Waals surface area contributed by atoms with Crippen molar-refractivity contribution in [2.24, 2.45) is 17.8 Å². The Hall–Kier alpha value is 0.0500. The van der Waals surface area contributed by atoms with E-state index in [4.69, 9.17) is 0 Å². The molecule has 2 unspecified atom stereocenters. The Kier molecular flexibility index (Phi) is 10.8. The highest BCUT2D eigenvalue weighted by atomic mass is 32.2. The summed E-state index contributed by atoms with van der Waals surface area (Å²) in [5, 5.41) is 0. The lowest BCUT2D eigenvalue weighted by molar-refractivity contribution is 0.266. The molecule has 0 aromatic rings. The van der Waals surface area contributed by atoms with Gasteiger partial charge in [-0.2, -0.15) is 0 Å². The average Bonchev–Trinajstić information content (AvgIpc) is 2.28. The first kappa shape index (κ1) is 19.1. The van der Waals surface area contributed by atoms with Crippen molar-refractivity contribution in [3.63, 3.8) is 0 Å². The normalized spacial score (nSPS) is 14.9. The molecule has 0 rings (SSSR count). The first-order chi connectivity index (χ1) is 8.90. The van der Waals surface area contributed by atoms with Crippen LogP contribution in [0.5, 0.6) is 0 Å². The van der Waals surface area contributed by atoms with Crippen LogP contribution in [0.1, 0.15) is 53.9 Å². The van der Waals surface area contributed by atoms with Crippen LogP contribution in [-0.4, -0.2) is 30.8 Å². The molecular weight excluding hydrogens is 250 g/mol. The molecule has 114 valence electrons. The predicted molar refractivity (Wildman–Crippen MR) is 91.8 cm³/mol. The number of rotatable bonds is 11. The quantitative estimate of drug-likeness (QED) is 0.508. The summed E-state index contributed by atoms with van der Waals surface area (Å²) in [6.45, 7) is 18.0. The zero-order valence-electron chi connectivity index (χ0n) is 14.0. The summed E-state index contributed by atoms with van der Waals surface area (Å²) in [6, 6.07) is 0. The summed E-state index contributed by atoms with van der Waals surface area (Å²) in [5.74, 6) is 3.65. The molecule has 1 nitrogen and oxygen atoms in total. The molecule has 0 aromatic carbocycles. The van der Waals surface area contributed by atoms with Crippen LogP contribution in [0.25, 0.3) is 0 Å². The fourth-order valence-corrected chi connectivity index (χ4v) is 3.47. The highest BCUT2D eigenvalue weighted by Crippen LogP contribution is 2.23. The summed E-state index contributed by atoms with van der Waals surface area (Å²) in [5.41, 5.74) is 0. The Morgan fingerprint density at radius 3 is 2.26 bits per heavy atom. The third-order valence-electron chi connectivity index (χ3n) is 3.92. The highest BCUT2D eigenvalue weighted by Gasteiger charge is 2.14. The molecule has 0 aliphatic rings. The van der Waals surface area contributed by atoms with Crippen LogP contribution in [-0.2, 0) is 0 Å². The molecular formula is C17H35NS. The van der Waals surface area contributed by atoms with Gasteiger partial charge in [0.05, 0.1) is 0 Å². The van der Waals surface area contributed by atoms with Gasteiger partial charge in [-0.25, -0.2) is 0 Å². The second kappa shape index (κ2) is 10.8. The monoisotopic (exact) mass is 285 g/mol. The average molecular weight is 286 g/mol. The third kappa shape index (κ3) is 9.56.